The van der Waals surface area contributed by atoms with Gasteiger partial charge in [0.05, 0.1) is 0 Å². The van der Waals surface area contributed by atoms with Crippen LogP contribution in [-0.2, 0) is 16.1 Å². The number of anilines is 1. The minimum atomic E-state index is -0.563. The Bertz CT molecular complexity index is 1270. The van der Waals surface area contributed by atoms with Crippen molar-refractivity contribution in [3.63, 3.8) is 0 Å². The Hall–Kier alpha value is -4.21. The van der Waals surface area contributed by atoms with Gasteiger partial charge in [0, 0.05) is 57.1 Å². The van der Waals surface area contributed by atoms with Crippen molar-refractivity contribution in [1.82, 2.24) is 25.5 Å². The quantitative estimate of drug-likeness (QED) is 0.375. The summed E-state index contributed by atoms with van der Waals surface area (Å²) in [5.74, 6) is 0.311. The highest BCUT2D eigenvalue weighted by Crippen LogP contribution is 2.31. The molecule has 2 aromatic heterocycles. The highest BCUT2D eigenvalue weighted by Gasteiger charge is 2.19. The van der Waals surface area contributed by atoms with Gasteiger partial charge in [-0.25, -0.2) is 14.6 Å². The molecule has 4 amide bonds. The highest BCUT2D eigenvalue weighted by molar-refractivity contribution is 6.01. The molecule has 3 aromatic rings. The van der Waals surface area contributed by atoms with Crippen LogP contribution in [0.5, 0.6) is 0 Å². The number of aromatic nitrogens is 2. The fourth-order valence-corrected chi connectivity index (χ4v) is 3.81. The van der Waals surface area contributed by atoms with Crippen LogP contribution < -0.4 is 16.0 Å². The molecule has 0 atom stereocenters. The van der Waals surface area contributed by atoms with Gasteiger partial charge in [-0.05, 0) is 74.4 Å². The van der Waals surface area contributed by atoms with Gasteiger partial charge in [0.15, 0.2) is 0 Å². The van der Waals surface area contributed by atoms with Crippen LogP contribution in [0.2, 0.25) is 0 Å². The van der Waals surface area contributed by atoms with Crippen molar-refractivity contribution >= 4 is 34.6 Å². The van der Waals surface area contributed by atoms with Crippen molar-refractivity contribution in [2.24, 2.45) is 0 Å². The summed E-state index contributed by atoms with van der Waals surface area (Å²) in [5.41, 5.74) is 2.27. The smallest absolute Gasteiger partial charge is 0.410 e. The van der Waals surface area contributed by atoms with E-state index in [1.165, 1.54) is 4.90 Å². The van der Waals surface area contributed by atoms with Crippen molar-refractivity contribution in [2.45, 2.75) is 52.7 Å². The number of nitrogens with one attached hydrogen (secondary N) is 3. The minimum Gasteiger partial charge on any atom is -0.444 e. The van der Waals surface area contributed by atoms with E-state index in [2.05, 4.69) is 25.9 Å². The Balaban J connectivity index is 1.70. The van der Waals surface area contributed by atoms with E-state index in [0.717, 1.165) is 27.5 Å². The van der Waals surface area contributed by atoms with Crippen LogP contribution in [0.15, 0.2) is 48.9 Å². The zero-order valence-electron chi connectivity index (χ0n) is 22.6. The molecule has 3 N–H and O–H groups in total. The van der Waals surface area contributed by atoms with Crippen molar-refractivity contribution in [3.8, 4) is 11.1 Å². The zero-order chi connectivity index (χ0) is 27.7. The number of carbonyl (C=O) groups excluding carboxylic acids is 3. The molecule has 202 valence electrons. The first-order valence-corrected chi connectivity index (χ1v) is 12.6. The monoisotopic (exact) mass is 520 g/mol. The summed E-state index contributed by atoms with van der Waals surface area (Å²) in [6, 6.07) is 9.30. The second-order valence-electron chi connectivity index (χ2n) is 9.89. The molecular weight excluding hydrogens is 484 g/mol. The second-order valence-corrected chi connectivity index (χ2v) is 9.89. The van der Waals surface area contributed by atoms with Crippen molar-refractivity contribution < 1.29 is 19.1 Å². The Morgan fingerprint density at radius 2 is 1.76 bits per heavy atom. The van der Waals surface area contributed by atoms with Crippen LogP contribution >= 0.6 is 0 Å². The van der Waals surface area contributed by atoms with Crippen LogP contribution in [0, 0.1) is 0 Å². The maximum Gasteiger partial charge on any atom is 0.410 e. The molecule has 0 spiro atoms. The van der Waals surface area contributed by atoms with E-state index in [1.54, 1.807) is 25.6 Å². The molecule has 0 saturated heterocycles. The van der Waals surface area contributed by atoms with Crippen LogP contribution in [0.25, 0.3) is 21.9 Å². The average Bonchev–Trinajstić information content (AvgIpc) is 2.86. The van der Waals surface area contributed by atoms with E-state index in [0.29, 0.717) is 31.9 Å². The van der Waals surface area contributed by atoms with Gasteiger partial charge in [-0.15, -0.1) is 0 Å². The molecule has 0 aliphatic heterocycles. The first kappa shape index (κ1) is 28.4. The van der Waals surface area contributed by atoms with Gasteiger partial charge in [-0.1, -0.05) is 12.1 Å². The number of pyridine rings is 2. The first-order valence-electron chi connectivity index (χ1n) is 12.6. The molecule has 0 radical (unpaired) electrons. The van der Waals surface area contributed by atoms with E-state index in [1.807, 2.05) is 58.0 Å². The number of fused-ring (bicyclic) bond motifs is 1. The molecule has 0 bridgehead atoms. The number of nitrogens with zero attached hydrogens (tertiary/aromatic N) is 3. The lowest BCUT2D eigenvalue weighted by molar-refractivity contribution is -0.121. The maximum absolute atomic E-state index is 12.5. The van der Waals surface area contributed by atoms with Crippen LogP contribution in [-0.4, -0.2) is 58.6 Å². The van der Waals surface area contributed by atoms with E-state index in [4.69, 9.17) is 4.74 Å². The molecular formula is C28H36N6O4. The summed E-state index contributed by atoms with van der Waals surface area (Å²) in [7, 11) is 1.66. The van der Waals surface area contributed by atoms with Crippen molar-refractivity contribution in [2.75, 3.05) is 25.5 Å². The van der Waals surface area contributed by atoms with E-state index in [-0.39, 0.29) is 18.4 Å². The SMILES string of the molecule is CCNC(=O)Nc1cc2c(-c3ccncc3)ccc(CNC(=O)CCCN(C)C(=O)OC(C)(C)C)c2cn1. The fourth-order valence-electron chi connectivity index (χ4n) is 3.81. The van der Waals surface area contributed by atoms with E-state index in [9.17, 15) is 14.4 Å². The third-order valence-electron chi connectivity index (χ3n) is 5.64. The van der Waals surface area contributed by atoms with Gasteiger partial charge in [-0.3, -0.25) is 15.1 Å². The van der Waals surface area contributed by atoms with Gasteiger partial charge in [0.25, 0.3) is 0 Å². The molecule has 0 aliphatic carbocycles. The fraction of sp³-hybridized carbons (Fsp3) is 0.393. The van der Waals surface area contributed by atoms with E-state index >= 15 is 0 Å². The first-order chi connectivity index (χ1) is 18.1. The number of amides is 4. The molecule has 10 heteroatoms. The summed E-state index contributed by atoms with van der Waals surface area (Å²) in [6.45, 7) is 8.52. The Labute approximate surface area is 223 Å². The third kappa shape index (κ3) is 8.16. The normalized spacial score (nSPS) is 11.1. The van der Waals surface area contributed by atoms with Gasteiger partial charge < -0.3 is 20.3 Å². The summed E-state index contributed by atoms with van der Waals surface area (Å²) >= 11 is 0. The van der Waals surface area contributed by atoms with Gasteiger partial charge in [0.1, 0.15) is 11.4 Å². The van der Waals surface area contributed by atoms with Crippen LogP contribution in [0.4, 0.5) is 15.4 Å². The topological polar surface area (TPSA) is 126 Å². The van der Waals surface area contributed by atoms with Gasteiger partial charge in [-0.2, -0.15) is 0 Å². The number of carbonyl (C=O) groups is 3. The van der Waals surface area contributed by atoms with Gasteiger partial charge >= 0.3 is 12.1 Å². The summed E-state index contributed by atoms with van der Waals surface area (Å²) in [6.07, 6.45) is 5.54. The summed E-state index contributed by atoms with van der Waals surface area (Å²) < 4.78 is 5.34. The zero-order valence-corrected chi connectivity index (χ0v) is 22.6. The molecule has 0 aliphatic rings. The molecule has 0 unspecified atom stereocenters. The maximum atomic E-state index is 12.5. The summed E-state index contributed by atoms with van der Waals surface area (Å²) in [5, 5.41) is 10.2. The molecule has 0 saturated carbocycles. The minimum absolute atomic E-state index is 0.114. The number of hydrogen-bond acceptors (Lipinski definition) is 6. The molecule has 10 nitrogen and oxygen atoms in total. The van der Waals surface area contributed by atoms with Crippen molar-refractivity contribution in [1.29, 1.82) is 0 Å². The van der Waals surface area contributed by atoms with Gasteiger partial charge in [0.2, 0.25) is 5.91 Å². The second kappa shape index (κ2) is 12.8. The molecule has 3 rings (SSSR count). The molecule has 1 aromatic carbocycles. The standard InChI is InChI=1S/C28H36N6O4/c1-6-30-26(36)33-24-16-22-21(19-11-13-29-14-12-19)10-9-20(23(22)18-31-24)17-32-25(35)8-7-15-34(5)27(37)38-28(2,3)4/h9-14,16,18H,6-8,15,17H2,1-5H3,(H,32,35)(H2,30,31,33,36). The number of urea groups is 1. The largest absolute Gasteiger partial charge is 0.444 e. The predicted octanol–water partition coefficient (Wildman–Crippen LogP) is 4.70. The summed E-state index contributed by atoms with van der Waals surface area (Å²) in [4.78, 5) is 46.6. The highest BCUT2D eigenvalue weighted by atomic mass is 16.6. The predicted molar refractivity (Wildman–Crippen MR) is 148 cm³/mol. The Morgan fingerprint density at radius 3 is 2.45 bits per heavy atom. The van der Waals surface area contributed by atoms with E-state index < -0.39 is 11.7 Å². The molecule has 0 fully saturated rings. The van der Waals surface area contributed by atoms with Crippen LogP contribution in [0.3, 0.4) is 0 Å². The lowest BCUT2D eigenvalue weighted by Gasteiger charge is -2.24. The number of rotatable bonds is 9. The Kier molecular flexibility index (Phi) is 9.59. The number of hydrogen-bond donors (Lipinski definition) is 3. The van der Waals surface area contributed by atoms with Crippen LogP contribution in [0.1, 0.15) is 46.1 Å². The molecule has 38 heavy (non-hydrogen) atoms. The number of ether oxygens (including phenoxy) is 1. The Morgan fingerprint density at radius 1 is 1.03 bits per heavy atom. The lowest BCUT2D eigenvalue weighted by Crippen LogP contribution is -2.35. The lowest BCUT2D eigenvalue weighted by atomic mass is 9.96. The molecule has 2 heterocycles. The third-order valence-corrected chi connectivity index (χ3v) is 5.64. The number of benzene rings is 1. The average molecular weight is 521 g/mol. The van der Waals surface area contributed by atoms with Crippen molar-refractivity contribution in [3.05, 3.63) is 54.5 Å².